The molecule has 0 aromatic heterocycles. The Hall–Kier alpha value is -1.06. The number of rotatable bonds is 0. The van der Waals surface area contributed by atoms with Crippen molar-refractivity contribution < 1.29 is 14.3 Å². The lowest BCUT2D eigenvalue weighted by atomic mass is 9.89. The van der Waals surface area contributed by atoms with E-state index < -0.39 is 6.09 Å². The summed E-state index contributed by atoms with van der Waals surface area (Å²) in [4.78, 5) is 14.4. The Morgan fingerprint density at radius 3 is 2.42 bits per heavy atom. The predicted molar refractivity (Wildman–Crippen MR) is 44.2 cm³/mol. The van der Waals surface area contributed by atoms with E-state index >= 15 is 0 Å². The summed E-state index contributed by atoms with van der Waals surface area (Å²) in [6.07, 6.45) is -0.915. The van der Waals surface area contributed by atoms with E-state index in [0.29, 0.717) is 5.90 Å². The number of hydrogen-bond donors (Lipinski definition) is 0. The second-order valence-corrected chi connectivity index (χ2v) is 3.78. The van der Waals surface area contributed by atoms with Gasteiger partial charge in [-0.25, -0.2) is 4.79 Å². The first-order valence-corrected chi connectivity index (χ1v) is 3.78. The first-order chi connectivity index (χ1) is 5.45. The average molecular weight is 171 g/mol. The SMILES string of the molecule is COC1=NC(=O)OC1C(C)(C)C. The molecule has 0 aromatic rings. The molecule has 0 fully saturated rings. The molecule has 0 bridgehead atoms. The van der Waals surface area contributed by atoms with Crippen LogP contribution in [0.5, 0.6) is 0 Å². The van der Waals surface area contributed by atoms with Crippen LogP contribution in [0.4, 0.5) is 4.79 Å². The van der Waals surface area contributed by atoms with Gasteiger partial charge in [0.2, 0.25) is 5.90 Å². The molecular formula is C8H13NO3. The maximum absolute atomic E-state index is 10.8. The van der Waals surface area contributed by atoms with Crippen molar-refractivity contribution in [2.75, 3.05) is 7.11 Å². The van der Waals surface area contributed by atoms with E-state index in [1.807, 2.05) is 20.8 Å². The van der Waals surface area contributed by atoms with E-state index in [4.69, 9.17) is 9.47 Å². The fraction of sp³-hybridized carbons (Fsp3) is 0.750. The van der Waals surface area contributed by atoms with Gasteiger partial charge in [0.25, 0.3) is 0 Å². The van der Waals surface area contributed by atoms with Crippen LogP contribution in [0.1, 0.15) is 20.8 Å². The summed E-state index contributed by atoms with van der Waals surface area (Å²) < 4.78 is 9.89. The second kappa shape index (κ2) is 2.77. The lowest BCUT2D eigenvalue weighted by Crippen LogP contribution is -2.34. The Labute approximate surface area is 71.6 Å². The minimum atomic E-state index is -0.563. The second-order valence-electron chi connectivity index (χ2n) is 3.78. The molecule has 1 unspecified atom stereocenters. The maximum Gasteiger partial charge on any atom is 0.437 e. The van der Waals surface area contributed by atoms with Gasteiger partial charge in [-0.05, 0) is 0 Å². The van der Waals surface area contributed by atoms with Crippen LogP contribution in [0.25, 0.3) is 0 Å². The minimum absolute atomic E-state index is 0.166. The van der Waals surface area contributed by atoms with E-state index in [2.05, 4.69) is 4.99 Å². The van der Waals surface area contributed by atoms with Crippen molar-refractivity contribution in [2.24, 2.45) is 10.4 Å². The van der Waals surface area contributed by atoms with Gasteiger partial charge in [-0.1, -0.05) is 20.8 Å². The standard InChI is InChI=1S/C8H13NO3/c1-8(2,3)5-6(11-4)9-7(10)12-5/h5H,1-4H3. The van der Waals surface area contributed by atoms with Gasteiger partial charge in [0.15, 0.2) is 6.10 Å². The zero-order valence-corrected chi connectivity index (χ0v) is 7.75. The van der Waals surface area contributed by atoms with Crippen LogP contribution in [-0.4, -0.2) is 25.2 Å². The number of carbonyl (C=O) groups is 1. The number of carbonyl (C=O) groups excluding carboxylic acids is 1. The zero-order valence-electron chi connectivity index (χ0n) is 7.75. The number of aliphatic imine (C=N–C) groups is 1. The van der Waals surface area contributed by atoms with Crippen molar-refractivity contribution >= 4 is 12.0 Å². The Balaban J connectivity index is 2.83. The van der Waals surface area contributed by atoms with E-state index in [9.17, 15) is 4.79 Å². The first kappa shape index (κ1) is 9.03. The highest BCUT2D eigenvalue weighted by Gasteiger charge is 2.38. The topological polar surface area (TPSA) is 47.9 Å². The molecule has 0 spiro atoms. The fourth-order valence-electron chi connectivity index (χ4n) is 1.03. The van der Waals surface area contributed by atoms with Crippen molar-refractivity contribution in [1.82, 2.24) is 0 Å². The van der Waals surface area contributed by atoms with Gasteiger partial charge in [-0.2, -0.15) is 0 Å². The molecule has 1 aliphatic rings. The summed E-state index contributed by atoms with van der Waals surface area (Å²) in [6, 6.07) is 0. The summed E-state index contributed by atoms with van der Waals surface area (Å²) >= 11 is 0. The van der Waals surface area contributed by atoms with Gasteiger partial charge in [-0.3, -0.25) is 0 Å². The number of hydrogen-bond acceptors (Lipinski definition) is 3. The summed E-state index contributed by atoms with van der Waals surface area (Å²) in [5.74, 6) is 0.368. The van der Waals surface area contributed by atoms with Crippen molar-refractivity contribution in [3.8, 4) is 0 Å². The predicted octanol–water partition coefficient (Wildman–Crippen LogP) is 1.60. The van der Waals surface area contributed by atoms with Crippen molar-refractivity contribution in [3.63, 3.8) is 0 Å². The normalized spacial score (nSPS) is 23.5. The molecule has 1 rings (SSSR count). The van der Waals surface area contributed by atoms with Crippen LogP contribution in [0.3, 0.4) is 0 Å². The van der Waals surface area contributed by atoms with E-state index in [0.717, 1.165) is 0 Å². The Bertz CT molecular complexity index is 227. The number of nitrogens with zero attached hydrogens (tertiary/aromatic N) is 1. The quantitative estimate of drug-likeness (QED) is 0.556. The molecule has 0 aromatic carbocycles. The van der Waals surface area contributed by atoms with Gasteiger partial charge < -0.3 is 9.47 Å². The Morgan fingerprint density at radius 2 is 2.08 bits per heavy atom. The van der Waals surface area contributed by atoms with E-state index in [1.54, 1.807) is 0 Å². The molecule has 0 N–H and O–H groups in total. The highest BCUT2D eigenvalue weighted by Crippen LogP contribution is 2.27. The molecule has 4 heteroatoms. The highest BCUT2D eigenvalue weighted by atomic mass is 16.6. The number of ether oxygens (including phenoxy) is 2. The third kappa shape index (κ3) is 1.57. The van der Waals surface area contributed by atoms with Gasteiger partial charge in [0.05, 0.1) is 7.11 Å². The van der Waals surface area contributed by atoms with Crippen LogP contribution < -0.4 is 0 Å². The van der Waals surface area contributed by atoms with Gasteiger partial charge >= 0.3 is 6.09 Å². The molecule has 12 heavy (non-hydrogen) atoms. The summed E-state index contributed by atoms with van der Waals surface area (Å²) in [5.41, 5.74) is -0.166. The minimum Gasteiger partial charge on any atom is -0.481 e. The molecule has 1 atom stereocenters. The highest BCUT2D eigenvalue weighted by molar-refractivity contribution is 5.96. The van der Waals surface area contributed by atoms with Crippen molar-refractivity contribution in [3.05, 3.63) is 0 Å². The molecule has 0 saturated carbocycles. The van der Waals surface area contributed by atoms with Gasteiger partial charge in [0.1, 0.15) is 0 Å². The van der Waals surface area contributed by atoms with Crippen LogP contribution in [0.2, 0.25) is 0 Å². The third-order valence-corrected chi connectivity index (χ3v) is 1.64. The van der Waals surface area contributed by atoms with Crippen molar-refractivity contribution in [1.29, 1.82) is 0 Å². The molecule has 1 heterocycles. The maximum atomic E-state index is 10.8. The fourth-order valence-corrected chi connectivity index (χ4v) is 1.03. The number of cyclic esters (lactones) is 1. The average Bonchev–Trinajstić information content (AvgIpc) is 2.29. The number of methoxy groups -OCH3 is 1. The summed E-state index contributed by atoms with van der Waals surface area (Å²) in [5, 5.41) is 0. The molecule has 1 amide bonds. The Morgan fingerprint density at radius 1 is 1.50 bits per heavy atom. The van der Waals surface area contributed by atoms with Crippen LogP contribution in [0, 0.1) is 5.41 Å². The summed E-state index contributed by atoms with van der Waals surface area (Å²) in [7, 11) is 1.49. The van der Waals surface area contributed by atoms with Gasteiger partial charge in [0, 0.05) is 5.41 Å². The first-order valence-electron chi connectivity index (χ1n) is 3.78. The van der Waals surface area contributed by atoms with Crippen LogP contribution in [-0.2, 0) is 9.47 Å². The third-order valence-electron chi connectivity index (χ3n) is 1.64. The molecule has 68 valence electrons. The van der Waals surface area contributed by atoms with E-state index in [-0.39, 0.29) is 11.5 Å². The molecule has 4 nitrogen and oxygen atoms in total. The molecular weight excluding hydrogens is 158 g/mol. The lowest BCUT2D eigenvalue weighted by Gasteiger charge is -2.25. The van der Waals surface area contributed by atoms with Gasteiger partial charge in [-0.15, -0.1) is 4.99 Å². The molecule has 0 aliphatic carbocycles. The number of amides is 1. The smallest absolute Gasteiger partial charge is 0.437 e. The summed E-state index contributed by atoms with van der Waals surface area (Å²) in [6.45, 7) is 5.89. The van der Waals surface area contributed by atoms with E-state index in [1.165, 1.54) is 7.11 Å². The van der Waals surface area contributed by atoms with Crippen molar-refractivity contribution in [2.45, 2.75) is 26.9 Å². The molecule has 1 aliphatic heterocycles. The Kier molecular flexibility index (Phi) is 2.08. The van der Waals surface area contributed by atoms with Crippen LogP contribution >= 0.6 is 0 Å². The monoisotopic (exact) mass is 171 g/mol. The zero-order chi connectivity index (χ0) is 9.35. The lowest BCUT2D eigenvalue weighted by molar-refractivity contribution is 0.0816. The molecule has 0 radical (unpaired) electrons. The molecule has 0 saturated heterocycles. The van der Waals surface area contributed by atoms with Crippen LogP contribution in [0.15, 0.2) is 4.99 Å². The largest absolute Gasteiger partial charge is 0.481 e.